The molecular formula is C24H27FN8O3. The lowest BCUT2D eigenvalue weighted by Gasteiger charge is -2.30. The van der Waals surface area contributed by atoms with Gasteiger partial charge in [-0.3, -0.25) is 4.79 Å². The van der Waals surface area contributed by atoms with Crippen LogP contribution in [0.3, 0.4) is 0 Å². The molecule has 2 aliphatic heterocycles. The second-order valence-corrected chi connectivity index (χ2v) is 9.17. The molecular weight excluding hydrogens is 467 g/mol. The van der Waals surface area contributed by atoms with Gasteiger partial charge in [-0.25, -0.2) is 19.3 Å². The monoisotopic (exact) mass is 494 g/mol. The van der Waals surface area contributed by atoms with Gasteiger partial charge in [-0.1, -0.05) is 0 Å². The van der Waals surface area contributed by atoms with Gasteiger partial charge >= 0.3 is 0 Å². The van der Waals surface area contributed by atoms with Crippen LogP contribution in [-0.4, -0.2) is 50.2 Å². The number of amides is 1. The number of halogens is 1. The molecule has 36 heavy (non-hydrogen) atoms. The molecule has 4 N–H and O–H groups in total. The Morgan fingerprint density at radius 1 is 1.11 bits per heavy atom. The van der Waals surface area contributed by atoms with Gasteiger partial charge in [-0.05, 0) is 57.9 Å². The number of anilines is 6. The van der Waals surface area contributed by atoms with Gasteiger partial charge in [0.25, 0.3) is 5.91 Å². The molecule has 0 spiro atoms. The minimum Gasteiger partial charge on any atom is -0.474 e. The van der Waals surface area contributed by atoms with Crippen molar-refractivity contribution in [1.29, 1.82) is 0 Å². The van der Waals surface area contributed by atoms with Crippen molar-refractivity contribution < 1.29 is 18.7 Å². The Hall–Kier alpha value is -4.06. The van der Waals surface area contributed by atoms with E-state index in [0.29, 0.717) is 11.4 Å². The fourth-order valence-electron chi connectivity index (χ4n) is 3.91. The number of nitrogens with zero attached hydrogens (tertiary/aromatic N) is 4. The van der Waals surface area contributed by atoms with E-state index in [0.717, 1.165) is 31.5 Å². The summed E-state index contributed by atoms with van der Waals surface area (Å²) in [6.07, 6.45) is 4.99. The van der Waals surface area contributed by atoms with Gasteiger partial charge in [-0.15, -0.1) is 0 Å². The van der Waals surface area contributed by atoms with Crippen molar-refractivity contribution in [3.63, 3.8) is 0 Å². The molecule has 1 amide bonds. The van der Waals surface area contributed by atoms with Gasteiger partial charge in [0, 0.05) is 6.61 Å². The number of rotatable bonds is 7. The van der Waals surface area contributed by atoms with Crippen LogP contribution in [0.15, 0.2) is 36.7 Å². The highest BCUT2D eigenvalue weighted by atomic mass is 19.1. The number of aromatic nitrogens is 4. The summed E-state index contributed by atoms with van der Waals surface area (Å²) in [4.78, 5) is 29.1. The Morgan fingerprint density at radius 3 is 2.69 bits per heavy atom. The number of ether oxygens (including phenoxy) is 2. The van der Waals surface area contributed by atoms with E-state index in [-0.39, 0.29) is 41.5 Å². The van der Waals surface area contributed by atoms with E-state index in [2.05, 4.69) is 48.1 Å². The smallest absolute Gasteiger partial charge is 0.269 e. The van der Waals surface area contributed by atoms with E-state index in [1.54, 1.807) is 32.2 Å². The quantitative estimate of drug-likeness (QED) is 0.382. The first-order chi connectivity index (χ1) is 17.3. The first-order valence-corrected chi connectivity index (χ1v) is 11.7. The zero-order valence-electron chi connectivity index (χ0n) is 20.1. The van der Waals surface area contributed by atoms with Gasteiger partial charge in [0.2, 0.25) is 5.95 Å². The summed E-state index contributed by atoms with van der Waals surface area (Å²) >= 11 is 0. The number of fused-ring (bicyclic) bond motifs is 1. The van der Waals surface area contributed by atoms with E-state index >= 15 is 0 Å². The normalized spacial score (nSPS) is 19.0. The Morgan fingerprint density at radius 2 is 1.94 bits per heavy atom. The first-order valence-electron chi connectivity index (χ1n) is 11.7. The number of hydrogen-bond donors (Lipinski definition) is 4. The van der Waals surface area contributed by atoms with E-state index in [1.165, 1.54) is 0 Å². The van der Waals surface area contributed by atoms with Gasteiger partial charge in [-0.2, -0.15) is 4.98 Å². The third-order valence-corrected chi connectivity index (χ3v) is 5.91. The van der Waals surface area contributed by atoms with Crippen molar-refractivity contribution in [1.82, 2.24) is 19.9 Å². The number of carbonyl (C=O) groups is 1. The Bertz CT molecular complexity index is 1260. The molecule has 0 radical (unpaired) electrons. The molecule has 12 heteroatoms. The molecule has 1 unspecified atom stereocenters. The summed E-state index contributed by atoms with van der Waals surface area (Å²) in [5.41, 5.74) is -0.369. The Balaban J connectivity index is 1.25. The lowest BCUT2D eigenvalue weighted by molar-refractivity contribution is -0.129. The highest BCUT2D eigenvalue weighted by Crippen LogP contribution is 2.33. The fraction of sp³-hybridized carbons (Fsp3) is 0.375. The highest BCUT2D eigenvalue weighted by Gasteiger charge is 2.36. The second-order valence-electron chi connectivity index (χ2n) is 9.17. The van der Waals surface area contributed by atoms with Crippen LogP contribution in [0.1, 0.15) is 33.6 Å². The van der Waals surface area contributed by atoms with Crippen LogP contribution in [0.4, 0.5) is 39.3 Å². The summed E-state index contributed by atoms with van der Waals surface area (Å²) in [5, 5.41) is 11.9. The van der Waals surface area contributed by atoms with E-state index in [9.17, 15) is 9.18 Å². The van der Waals surface area contributed by atoms with Gasteiger partial charge in [0.15, 0.2) is 28.8 Å². The van der Waals surface area contributed by atoms with Crippen LogP contribution in [-0.2, 0) is 9.53 Å². The molecule has 1 saturated heterocycles. The van der Waals surface area contributed by atoms with Crippen LogP contribution in [0, 0.1) is 5.82 Å². The largest absolute Gasteiger partial charge is 0.474 e. The molecule has 2 aliphatic rings. The molecule has 5 heterocycles. The predicted molar refractivity (Wildman–Crippen MR) is 132 cm³/mol. The van der Waals surface area contributed by atoms with Crippen molar-refractivity contribution in [3.8, 4) is 5.75 Å². The molecule has 3 aromatic rings. The third kappa shape index (κ3) is 5.13. The SMILES string of the molecule is C[C@H](Nc1ccc(Nc2ncc(F)c(Nc3ccc4c(n3)NC(=O)C(C)(C)O4)n2)cn1)C1CCCO1. The zero-order chi connectivity index (χ0) is 25.3. The molecule has 0 bridgehead atoms. The van der Waals surface area contributed by atoms with Crippen molar-refractivity contribution in [2.24, 2.45) is 0 Å². The van der Waals surface area contributed by atoms with Crippen molar-refractivity contribution >= 4 is 40.8 Å². The zero-order valence-corrected chi connectivity index (χ0v) is 20.1. The lowest BCUT2D eigenvalue weighted by atomic mass is 10.1. The number of hydrogen-bond acceptors (Lipinski definition) is 10. The maximum atomic E-state index is 14.4. The number of carbonyl (C=O) groups excluding carboxylic acids is 1. The van der Waals surface area contributed by atoms with Crippen LogP contribution in [0.2, 0.25) is 0 Å². The van der Waals surface area contributed by atoms with Gasteiger partial charge in [0.05, 0.1) is 30.2 Å². The van der Waals surface area contributed by atoms with Crippen LogP contribution in [0.5, 0.6) is 5.75 Å². The standard InChI is InChI=1S/C24H27FN8O3/c1-13(16-5-4-10-35-16)28-18-8-6-14(11-26-18)29-23-27-12-15(25)20(33-23)30-19-9-7-17-21(31-19)32-22(34)24(2,3)36-17/h6-9,11-13,16H,4-5,10H2,1-3H3,(H,26,28)(H3,27,29,30,31,32,33,34)/t13-,16?/m0/s1. The summed E-state index contributed by atoms with van der Waals surface area (Å²) in [6, 6.07) is 7.06. The summed E-state index contributed by atoms with van der Waals surface area (Å²) in [7, 11) is 0. The first kappa shape index (κ1) is 23.7. The van der Waals surface area contributed by atoms with Gasteiger partial charge in [0.1, 0.15) is 11.6 Å². The number of nitrogens with one attached hydrogen (secondary N) is 4. The van der Waals surface area contributed by atoms with Crippen LogP contribution in [0.25, 0.3) is 0 Å². The maximum Gasteiger partial charge on any atom is 0.269 e. The fourth-order valence-corrected chi connectivity index (χ4v) is 3.91. The number of pyridine rings is 2. The van der Waals surface area contributed by atoms with Crippen LogP contribution >= 0.6 is 0 Å². The van der Waals surface area contributed by atoms with E-state index in [1.807, 2.05) is 12.1 Å². The van der Waals surface area contributed by atoms with Crippen molar-refractivity contribution in [3.05, 3.63) is 42.5 Å². The molecule has 3 aromatic heterocycles. The minimum atomic E-state index is -1.01. The molecule has 188 valence electrons. The van der Waals surface area contributed by atoms with E-state index in [4.69, 9.17) is 9.47 Å². The molecule has 5 rings (SSSR count). The van der Waals surface area contributed by atoms with Gasteiger partial charge < -0.3 is 30.7 Å². The molecule has 0 aromatic carbocycles. The summed E-state index contributed by atoms with van der Waals surface area (Å²) < 4.78 is 25.8. The van der Waals surface area contributed by atoms with Crippen molar-refractivity contribution in [2.45, 2.75) is 51.4 Å². The molecule has 1 fully saturated rings. The second kappa shape index (κ2) is 9.53. The minimum absolute atomic E-state index is 0.0834. The van der Waals surface area contributed by atoms with E-state index < -0.39 is 11.4 Å². The summed E-state index contributed by atoms with van der Waals surface area (Å²) in [5.74, 6) is 0.766. The predicted octanol–water partition coefficient (Wildman–Crippen LogP) is 3.98. The molecule has 0 saturated carbocycles. The Labute approximate surface area is 207 Å². The average Bonchev–Trinajstić information content (AvgIpc) is 3.39. The molecule has 2 atom stereocenters. The van der Waals surface area contributed by atoms with Crippen molar-refractivity contribution in [2.75, 3.05) is 27.9 Å². The average molecular weight is 495 g/mol. The topological polar surface area (TPSA) is 135 Å². The summed E-state index contributed by atoms with van der Waals surface area (Å²) in [6.45, 7) is 6.19. The third-order valence-electron chi connectivity index (χ3n) is 5.91. The van der Waals surface area contributed by atoms with Crippen LogP contribution < -0.4 is 26.0 Å². The highest BCUT2D eigenvalue weighted by molar-refractivity contribution is 5.99. The Kier molecular flexibility index (Phi) is 6.27. The molecule has 0 aliphatic carbocycles. The molecule has 11 nitrogen and oxygen atoms in total. The lowest BCUT2D eigenvalue weighted by Crippen LogP contribution is -2.46. The maximum absolute atomic E-state index is 14.4.